The number of aryl methyl sites for hydroxylation is 1. The van der Waals surface area contributed by atoms with Crippen molar-refractivity contribution in [1.29, 1.82) is 0 Å². The molecule has 27 heavy (non-hydrogen) atoms. The minimum absolute atomic E-state index is 0.0139. The fraction of sp³-hybridized carbons (Fsp3) is 0.250. The highest BCUT2D eigenvalue weighted by Gasteiger charge is 2.22. The molecule has 6 nitrogen and oxygen atoms in total. The minimum atomic E-state index is -0.692. The Morgan fingerprint density at radius 2 is 2.04 bits per heavy atom. The summed E-state index contributed by atoms with van der Waals surface area (Å²) in [6, 6.07) is 10.9. The molecular formula is C20H19FN2O4. The van der Waals surface area contributed by atoms with Gasteiger partial charge in [-0.15, -0.1) is 0 Å². The Bertz CT molecular complexity index is 897. The van der Waals surface area contributed by atoms with Gasteiger partial charge < -0.3 is 15.0 Å². The van der Waals surface area contributed by atoms with Gasteiger partial charge in [0, 0.05) is 18.7 Å². The van der Waals surface area contributed by atoms with Crippen LogP contribution in [0.3, 0.4) is 0 Å². The molecule has 1 heterocycles. The molecule has 0 saturated carbocycles. The number of ether oxygens (including phenoxy) is 1. The van der Waals surface area contributed by atoms with Crippen LogP contribution in [-0.2, 0) is 14.3 Å². The van der Waals surface area contributed by atoms with Crippen LogP contribution in [-0.4, -0.2) is 30.9 Å². The van der Waals surface area contributed by atoms with Crippen LogP contribution in [0.1, 0.15) is 28.8 Å². The molecule has 0 aromatic heterocycles. The first-order valence-electron chi connectivity index (χ1n) is 8.57. The van der Waals surface area contributed by atoms with E-state index in [9.17, 15) is 18.8 Å². The number of hydrogen-bond acceptors (Lipinski definition) is 4. The Hall–Kier alpha value is -3.22. The molecule has 0 radical (unpaired) electrons. The van der Waals surface area contributed by atoms with Crippen molar-refractivity contribution < 1.29 is 23.5 Å². The van der Waals surface area contributed by atoms with E-state index in [0.717, 1.165) is 12.0 Å². The third kappa shape index (κ3) is 4.49. The molecule has 1 fully saturated rings. The van der Waals surface area contributed by atoms with Gasteiger partial charge in [-0.3, -0.25) is 9.59 Å². The number of hydrogen-bond donors (Lipinski definition) is 1. The summed E-state index contributed by atoms with van der Waals surface area (Å²) in [7, 11) is 0. The van der Waals surface area contributed by atoms with Gasteiger partial charge in [0.25, 0.3) is 5.91 Å². The monoisotopic (exact) mass is 370 g/mol. The lowest BCUT2D eigenvalue weighted by molar-refractivity contribution is -0.119. The molecule has 1 aliphatic rings. The summed E-state index contributed by atoms with van der Waals surface area (Å²) in [5, 5.41) is 2.36. The lowest BCUT2D eigenvalue weighted by Crippen LogP contribution is -2.24. The van der Waals surface area contributed by atoms with Crippen molar-refractivity contribution in [2.24, 2.45) is 0 Å². The predicted octanol–water partition coefficient (Wildman–Crippen LogP) is 3.06. The van der Waals surface area contributed by atoms with Crippen LogP contribution >= 0.6 is 0 Å². The quantitative estimate of drug-likeness (QED) is 0.821. The summed E-state index contributed by atoms with van der Waals surface area (Å²) in [6.07, 6.45) is 1.27. The molecule has 0 bridgehead atoms. The van der Waals surface area contributed by atoms with E-state index in [4.69, 9.17) is 4.74 Å². The third-order valence-corrected chi connectivity index (χ3v) is 4.20. The Kier molecular flexibility index (Phi) is 5.49. The third-order valence-electron chi connectivity index (χ3n) is 4.20. The van der Waals surface area contributed by atoms with E-state index in [0.29, 0.717) is 18.7 Å². The number of amides is 2. The zero-order valence-corrected chi connectivity index (χ0v) is 14.8. The first-order valence-corrected chi connectivity index (χ1v) is 8.57. The van der Waals surface area contributed by atoms with Crippen molar-refractivity contribution in [3.05, 3.63) is 59.4 Å². The number of rotatable bonds is 5. The molecule has 0 aliphatic carbocycles. The summed E-state index contributed by atoms with van der Waals surface area (Å²) in [5.74, 6) is -1.88. The number of nitrogens with zero attached hydrogens (tertiary/aromatic N) is 1. The topological polar surface area (TPSA) is 75.7 Å². The molecule has 2 aromatic rings. The second kappa shape index (κ2) is 7.99. The van der Waals surface area contributed by atoms with Gasteiger partial charge >= 0.3 is 5.97 Å². The van der Waals surface area contributed by atoms with Crippen molar-refractivity contribution in [2.45, 2.75) is 19.8 Å². The van der Waals surface area contributed by atoms with Crippen LogP contribution in [0, 0.1) is 12.7 Å². The molecule has 1 aliphatic heterocycles. The number of benzene rings is 2. The second-order valence-electron chi connectivity index (χ2n) is 6.31. The fourth-order valence-electron chi connectivity index (χ4n) is 2.84. The molecule has 1 N–H and O–H groups in total. The summed E-state index contributed by atoms with van der Waals surface area (Å²) >= 11 is 0. The lowest BCUT2D eigenvalue weighted by Gasteiger charge is -2.16. The normalized spacial score (nSPS) is 13.6. The second-order valence-corrected chi connectivity index (χ2v) is 6.31. The Balaban J connectivity index is 1.59. The van der Waals surface area contributed by atoms with Crippen LogP contribution in [0.25, 0.3) is 0 Å². The molecule has 2 amide bonds. The summed E-state index contributed by atoms with van der Waals surface area (Å²) in [6.45, 7) is 1.81. The summed E-state index contributed by atoms with van der Waals surface area (Å²) in [4.78, 5) is 37.5. The van der Waals surface area contributed by atoms with E-state index in [-0.39, 0.29) is 17.2 Å². The van der Waals surface area contributed by atoms with Crippen LogP contribution in [0.5, 0.6) is 0 Å². The van der Waals surface area contributed by atoms with E-state index >= 15 is 0 Å². The average molecular weight is 370 g/mol. The number of esters is 1. The maximum Gasteiger partial charge on any atom is 0.338 e. The van der Waals surface area contributed by atoms with Gasteiger partial charge in [-0.1, -0.05) is 12.1 Å². The number of nitrogens with one attached hydrogen (secondary N) is 1. The van der Waals surface area contributed by atoms with Gasteiger partial charge in [0.15, 0.2) is 6.61 Å². The van der Waals surface area contributed by atoms with Gasteiger partial charge in [-0.2, -0.15) is 0 Å². The maximum absolute atomic E-state index is 13.7. The zero-order valence-electron chi connectivity index (χ0n) is 14.8. The molecule has 2 aromatic carbocycles. The van der Waals surface area contributed by atoms with Crippen LogP contribution < -0.4 is 10.2 Å². The van der Waals surface area contributed by atoms with Crippen LogP contribution in [0.15, 0.2) is 42.5 Å². The van der Waals surface area contributed by atoms with Crippen molar-refractivity contribution in [3.8, 4) is 0 Å². The van der Waals surface area contributed by atoms with E-state index in [1.807, 2.05) is 0 Å². The molecule has 140 valence electrons. The fourth-order valence-corrected chi connectivity index (χ4v) is 2.84. The Morgan fingerprint density at radius 1 is 1.22 bits per heavy atom. The van der Waals surface area contributed by atoms with Gasteiger partial charge in [0.2, 0.25) is 5.91 Å². The van der Waals surface area contributed by atoms with E-state index in [1.165, 1.54) is 12.1 Å². The molecule has 0 unspecified atom stereocenters. The van der Waals surface area contributed by atoms with Crippen molar-refractivity contribution in [1.82, 2.24) is 0 Å². The predicted molar refractivity (Wildman–Crippen MR) is 98.1 cm³/mol. The summed E-state index contributed by atoms with van der Waals surface area (Å²) < 4.78 is 18.7. The standard InChI is InChI=1S/C20H19FN2O4/c1-13-7-8-17(16(21)10-13)22-18(24)12-27-20(26)14-4-2-5-15(11-14)23-9-3-6-19(23)25/h2,4-5,7-8,10-11H,3,6,9,12H2,1H3,(H,22,24). The van der Waals surface area contributed by atoms with Gasteiger partial charge in [-0.25, -0.2) is 9.18 Å². The van der Waals surface area contributed by atoms with Crippen molar-refractivity contribution in [2.75, 3.05) is 23.4 Å². The van der Waals surface area contributed by atoms with Gasteiger partial charge in [0.05, 0.1) is 11.3 Å². The van der Waals surface area contributed by atoms with E-state index in [1.54, 1.807) is 42.2 Å². The highest BCUT2D eigenvalue weighted by molar-refractivity contribution is 5.98. The molecule has 3 rings (SSSR count). The average Bonchev–Trinajstić information content (AvgIpc) is 3.08. The Morgan fingerprint density at radius 3 is 2.74 bits per heavy atom. The van der Waals surface area contributed by atoms with E-state index < -0.39 is 24.3 Å². The molecular weight excluding hydrogens is 351 g/mol. The largest absolute Gasteiger partial charge is 0.452 e. The lowest BCUT2D eigenvalue weighted by atomic mass is 10.2. The molecule has 0 spiro atoms. The molecule has 7 heteroatoms. The number of anilines is 2. The first-order chi connectivity index (χ1) is 12.9. The highest BCUT2D eigenvalue weighted by atomic mass is 19.1. The SMILES string of the molecule is Cc1ccc(NC(=O)COC(=O)c2cccc(N3CCCC3=O)c2)c(F)c1. The maximum atomic E-state index is 13.7. The highest BCUT2D eigenvalue weighted by Crippen LogP contribution is 2.22. The van der Waals surface area contributed by atoms with Gasteiger partial charge in [0.1, 0.15) is 5.82 Å². The first kappa shape index (κ1) is 18.6. The Labute approximate surface area is 155 Å². The van der Waals surface area contributed by atoms with Crippen LogP contribution in [0.2, 0.25) is 0 Å². The molecule has 0 atom stereocenters. The summed E-state index contributed by atoms with van der Waals surface area (Å²) in [5.41, 5.74) is 1.61. The number of halogens is 1. The van der Waals surface area contributed by atoms with Crippen molar-refractivity contribution in [3.63, 3.8) is 0 Å². The zero-order chi connectivity index (χ0) is 19.4. The van der Waals surface area contributed by atoms with Gasteiger partial charge in [-0.05, 0) is 49.2 Å². The smallest absolute Gasteiger partial charge is 0.338 e. The number of carbonyl (C=O) groups is 3. The van der Waals surface area contributed by atoms with Crippen LogP contribution in [0.4, 0.5) is 15.8 Å². The molecule has 1 saturated heterocycles. The van der Waals surface area contributed by atoms with Crippen molar-refractivity contribution >= 4 is 29.2 Å². The van der Waals surface area contributed by atoms with E-state index in [2.05, 4.69) is 5.32 Å². The minimum Gasteiger partial charge on any atom is -0.452 e. The number of carbonyl (C=O) groups excluding carboxylic acids is 3.